The smallest absolute Gasteiger partial charge is 0.419 e. The van der Waals surface area contributed by atoms with Crippen molar-refractivity contribution in [2.24, 2.45) is 0 Å². The molecule has 1 aromatic carbocycles. The number of halogens is 3. The number of aliphatic hydroxyl groups is 1. The molecule has 0 aliphatic carbocycles. The van der Waals surface area contributed by atoms with Crippen molar-refractivity contribution in [3.05, 3.63) is 42.2 Å². The van der Waals surface area contributed by atoms with Crippen LogP contribution in [-0.2, 0) is 12.7 Å². The average Bonchev–Trinajstić information content (AvgIpc) is 2.86. The van der Waals surface area contributed by atoms with Crippen molar-refractivity contribution < 1.29 is 23.0 Å². The van der Waals surface area contributed by atoms with Crippen LogP contribution in [0.3, 0.4) is 0 Å². The van der Waals surface area contributed by atoms with Crippen LogP contribution in [-0.4, -0.2) is 27.6 Å². The molecule has 1 aromatic heterocycles. The minimum absolute atomic E-state index is 0.0644. The maximum Gasteiger partial charge on any atom is 0.419 e. The van der Waals surface area contributed by atoms with Crippen LogP contribution in [0.1, 0.15) is 5.56 Å². The predicted molar refractivity (Wildman–Crippen MR) is 69.6 cm³/mol. The number of nitrogen functional groups attached to an aromatic ring is 1. The normalized spacial score (nSPS) is 13.1. The third kappa shape index (κ3) is 4.38. The average molecular weight is 301 g/mol. The van der Waals surface area contributed by atoms with E-state index >= 15 is 0 Å². The van der Waals surface area contributed by atoms with Gasteiger partial charge in [-0.3, -0.25) is 4.68 Å². The van der Waals surface area contributed by atoms with Crippen LogP contribution in [0.5, 0.6) is 5.75 Å². The van der Waals surface area contributed by atoms with E-state index in [4.69, 9.17) is 10.5 Å². The zero-order valence-corrected chi connectivity index (χ0v) is 10.9. The molecule has 2 aromatic rings. The van der Waals surface area contributed by atoms with E-state index in [1.165, 1.54) is 0 Å². The number of hydrogen-bond acceptors (Lipinski definition) is 4. The van der Waals surface area contributed by atoms with Crippen molar-refractivity contribution in [2.75, 3.05) is 12.3 Å². The lowest BCUT2D eigenvalue weighted by molar-refractivity contribution is -0.137. The van der Waals surface area contributed by atoms with Crippen molar-refractivity contribution in [1.82, 2.24) is 9.78 Å². The van der Waals surface area contributed by atoms with Gasteiger partial charge in [-0.15, -0.1) is 0 Å². The summed E-state index contributed by atoms with van der Waals surface area (Å²) in [4.78, 5) is 0. The molecule has 0 spiro atoms. The molecule has 0 bridgehead atoms. The number of hydrogen-bond donors (Lipinski definition) is 2. The first kappa shape index (κ1) is 15.2. The molecule has 8 heteroatoms. The van der Waals surface area contributed by atoms with E-state index in [2.05, 4.69) is 5.10 Å². The Morgan fingerprint density at radius 1 is 1.29 bits per heavy atom. The lowest BCUT2D eigenvalue weighted by Gasteiger charge is -2.12. The Morgan fingerprint density at radius 2 is 1.95 bits per heavy atom. The van der Waals surface area contributed by atoms with Gasteiger partial charge in [0, 0.05) is 11.9 Å². The van der Waals surface area contributed by atoms with Gasteiger partial charge < -0.3 is 15.6 Å². The SMILES string of the molecule is Nc1ccc(OCC(O)Cn2cc(C(F)(F)F)cn2)cc1. The van der Waals surface area contributed by atoms with Crippen LogP contribution >= 0.6 is 0 Å². The van der Waals surface area contributed by atoms with Gasteiger partial charge in [-0.1, -0.05) is 0 Å². The van der Waals surface area contributed by atoms with Crippen molar-refractivity contribution in [1.29, 1.82) is 0 Å². The number of nitrogens with zero attached hydrogens (tertiary/aromatic N) is 2. The Balaban J connectivity index is 1.85. The van der Waals surface area contributed by atoms with Crippen LogP contribution in [0.2, 0.25) is 0 Å². The zero-order valence-electron chi connectivity index (χ0n) is 10.9. The summed E-state index contributed by atoms with van der Waals surface area (Å²) in [6.45, 7) is -0.157. The first-order chi connectivity index (χ1) is 9.84. The van der Waals surface area contributed by atoms with Crippen LogP contribution in [0.15, 0.2) is 36.7 Å². The Bertz CT molecular complexity index is 581. The van der Waals surface area contributed by atoms with Gasteiger partial charge in [0.2, 0.25) is 0 Å². The van der Waals surface area contributed by atoms with Crippen molar-refractivity contribution in [3.63, 3.8) is 0 Å². The lowest BCUT2D eigenvalue weighted by Crippen LogP contribution is -2.23. The number of rotatable bonds is 5. The summed E-state index contributed by atoms with van der Waals surface area (Å²) in [7, 11) is 0. The fourth-order valence-electron chi connectivity index (χ4n) is 1.63. The number of anilines is 1. The predicted octanol–water partition coefficient (Wildman–Crippen LogP) is 1.92. The minimum atomic E-state index is -4.44. The second kappa shape index (κ2) is 6.04. The zero-order chi connectivity index (χ0) is 15.5. The highest BCUT2D eigenvalue weighted by atomic mass is 19.4. The molecule has 0 saturated heterocycles. The number of aromatic nitrogens is 2. The highest BCUT2D eigenvalue weighted by Crippen LogP contribution is 2.28. The standard InChI is InChI=1S/C13H14F3N3O2/c14-13(15,16)9-5-18-19(6-9)7-11(20)8-21-12-3-1-10(17)2-4-12/h1-6,11,20H,7-8,17H2. The molecule has 114 valence electrons. The molecule has 0 amide bonds. The molecule has 1 atom stereocenters. The Kier molecular flexibility index (Phi) is 4.37. The number of alkyl halides is 3. The second-order valence-electron chi connectivity index (χ2n) is 4.48. The Morgan fingerprint density at radius 3 is 2.52 bits per heavy atom. The van der Waals surface area contributed by atoms with Gasteiger partial charge in [-0.05, 0) is 24.3 Å². The van der Waals surface area contributed by atoms with Gasteiger partial charge in [0.05, 0.1) is 18.3 Å². The Hall–Kier alpha value is -2.22. The van der Waals surface area contributed by atoms with E-state index in [0.717, 1.165) is 10.9 Å². The third-order valence-electron chi connectivity index (χ3n) is 2.68. The lowest BCUT2D eigenvalue weighted by atomic mass is 10.3. The molecule has 0 aliphatic rings. The van der Waals surface area contributed by atoms with E-state index in [1.807, 2.05) is 0 Å². The second-order valence-corrected chi connectivity index (χ2v) is 4.48. The molecule has 1 unspecified atom stereocenters. The van der Waals surface area contributed by atoms with Gasteiger partial charge in [0.15, 0.2) is 0 Å². The largest absolute Gasteiger partial charge is 0.491 e. The number of nitrogens with two attached hydrogens (primary N) is 1. The minimum Gasteiger partial charge on any atom is -0.491 e. The van der Waals surface area contributed by atoms with Gasteiger partial charge >= 0.3 is 6.18 Å². The van der Waals surface area contributed by atoms with Gasteiger partial charge in [-0.25, -0.2) is 0 Å². The molecule has 3 N–H and O–H groups in total. The maximum atomic E-state index is 12.4. The Labute approximate surface area is 118 Å². The molecule has 0 aliphatic heterocycles. The molecule has 1 heterocycles. The van der Waals surface area contributed by atoms with E-state index in [-0.39, 0.29) is 13.2 Å². The molecule has 5 nitrogen and oxygen atoms in total. The van der Waals surface area contributed by atoms with Crippen LogP contribution in [0.25, 0.3) is 0 Å². The van der Waals surface area contributed by atoms with E-state index < -0.39 is 17.8 Å². The first-order valence-electron chi connectivity index (χ1n) is 6.10. The van der Waals surface area contributed by atoms with Gasteiger partial charge in [0.1, 0.15) is 18.5 Å². The van der Waals surface area contributed by atoms with E-state index in [0.29, 0.717) is 17.6 Å². The summed E-state index contributed by atoms with van der Waals surface area (Å²) < 4.78 is 43.5. The molecule has 2 rings (SSSR count). The summed E-state index contributed by atoms with van der Waals surface area (Å²) in [6, 6.07) is 6.56. The quantitative estimate of drug-likeness (QED) is 0.828. The highest BCUT2D eigenvalue weighted by molar-refractivity contribution is 5.41. The molecular weight excluding hydrogens is 287 g/mol. The highest BCUT2D eigenvalue weighted by Gasteiger charge is 2.32. The van der Waals surface area contributed by atoms with Gasteiger partial charge in [-0.2, -0.15) is 18.3 Å². The van der Waals surface area contributed by atoms with Crippen LogP contribution in [0, 0.1) is 0 Å². The summed E-state index contributed by atoms with van der Waals surface area (Å²) in [5, 5.41) is 13.3. The summed E-state index contributed by atoms with van der Waals surface area (Å²) in [6.07, 6.45) is -3.87. The monoisotopic (exact) mass is 301 g/mol. The van der Waals surface area contributed by atoms with Crippen molar-refractivity contribution in [3.8, 4) is 5.75 Å². The molecule has 0 radical (unpaired) electrons. The number of benzene rings is 1. The van der Waals surface area contributed by atoms with Crippen molar-refractivity contribution in [2.45, 2.75) is 18.8 Å². The number of aliphatic hydroxyl groups excluding tert-OH is 1. The fraction of sp³-hybridized carbons (Fsp3) is 0.308. The molecule has 21 heavy (non-hydrogen) atoms. The topological polar surface area (TPSA) is 73.3 Å². The van der Waals surface area contributed by atoms with Crippen molar-refractivity contribution >= 4 is 5.69 Å². The van der Waals surface area contributed by atoms with E-state index in [9.17, 15) is 18.3 Å². The third-order valence-corrected chi connectivity index (χ3v) is 2.68. The van der Waals surface area contributed by atoms with E-state index in [1.54, 1.807) is 24.3 Å². The summed E-state index contributed by atoms with van der Waals surface area (Å²) in [5.41, 5.74) is 5.24. The van der Waals surface area contributed by atoms with Crippen LogP contribution < -0.4 is 10.5 Å². The van der Waals surface area contributed by atoms with Gasteiger partial charge in [0.25, 0.3) is 0 Å². The summed E-state index contributed by atoms with van der Waals surface area (Å²) in [5.74, 6) is 0.514. The molecule has 0 fully saturated rings. The maximum absolute atomic E-state index is 12.4. The fourth-order valence-corrected chi connectivity index (χ4v) is 1.63. The number of ether oxygens (including phenoxy) is 1. The first-order valence-corrected chi connectivity index (χ1v) is 6.10. The summed E-state index contributed by atoms with van der Waals surface area (Å²) >= 11 is 0. The molecule has 0 saturated carbocycles. The van der Waals surface area contributed by atoms with Crippen LogP contribution in [0.4, 0.5) is 18.9 Å². The molecular formula is C13H14F3N3O2.